The Morgan fingerprint density at radius 3 is 3.00 bits per heavy atom. The molecule has 0 fully saturated rings. The Bertz CT molecular complexity index is 702. The van der Waals surface area contributed by atoms with Crippen molar-refractivity contribution in [3.8, 4) is 0 Å². The molecule has 1 aromatic heterocycles. The molecule has 4 nitrogen and oxygen atoms in total. The topological polar surface area (TPSA) is 41.6 Å². The molecule has 0 saturated carbocycles. The van der Waals surface area contributed by atoms with Crippen molar-refractivity contribution in [2.24, 2.45) is 0 Å². The second-order valence-electron chi connectivity index (χ2n) is 5.48. The molecule has 0 spiro atoms. The summed E-state index contributed by atoms with van der Waals surface area (Å²) in [6, 6.07) is 10.0. The predicted molar refractivity (Wildman–Crippen MR) is 95.8 cm³/mol. The van der Waals surface area contributed by atoms with Crippen molar-refractivity contribution in [2.75, 3.05) is 23.4 Å². The minimum atomic E-state index is -0.394. The number of ether oxygens (including phenoxy) is 1. The average molecular weight is 351 g/mol. The lowest BCUT2D eigenvalue weighted by atomic mass is 10.1. The van der Waals surface area contributed by atoms with Gasteiger partial charge in [-0.2, -0.15) is 0 Å². The molecule has 1 amide bonds. The summed E-state index contributed by atoms with van der Waals surface area (Å²) in [6.07, 6.45) is 1.41. The first-order valence-corrected chi connectivity index (χ1v) is 8.91. The van der Waals surface area contributed by atoms with Crippen molar-refractivity contribution in [3.05, 3.63) is 45.1 Å². The average Bonchev–Trinajstić information content (AvgIpc) is 3.12. The van der Waals surface area contributed by atoms with Crippen molar-refractivity contribution in [1.29, 1.82) is 0 Å². The van der Waals surface area contributed by atoms with Gasteiger partial charge in [-0.15, -0.1) is 11.3 Å². The number of hydrogen-bond acceptors (Lipinski definition) is 4. The van der Waals surface area contributed by atoms with Gasteiger partial charge in [-0.05, 0) is 48.7 Å². The van der Waals surface area contributed by atoms with E-state index in [1.54, 1.807) is 11.3 Å². The van der Waals surface area contributed by atoms with Crippen molar-refractivity contribution < 1.29 is 9.53 Å². The Hall–Kier alpha value is -1.72. The summed E-state index contributed by atoms with van der Waals surface area (Å²) in [5, 5.41) is 2.78. The van der Waals surface area contributed by atoms with E-state index >= 15 is 0 Å². The molecule has 0 saturated heterocycles. The number of hydrogen-bond donors (Lipinski definition) is 1. The molecular weight excluding hydrogens is 332 g/mol. The maximum Gasteiger partial charge on any atom is 0.411 e. The molecule has 122 valence electrons. The van der Waals surface area contributed by atoms with Crippen LogP contribution in [0.1, 0.15) is 23.8 Å². The molecule has 1 N–H and O–H groups in total. The highest BCUT2D eigenvalue weighted by atomic mass is 35.5. The number of carbonyl (C=O) groups excluding carboxylic acids is 1. The van der Waals surface area contributed by atoms with Crippen LogP contribution in [0.25, 0.3) is 0 Å². The molecule has 6 heteroatoms. The van der Waals surface area contributed by atoms with Gasteiger partial charge in [0.1, 0.15) is 0 Å². The molecule has 0 bridgehead atoms. The van der Waals surface area contributed by atoms with Crippen LogP contribution >= 0.6 is 22.9 Å². The van der Waals surface area contributed by atoms with Gasteiger partial charge in [0.15, 0.2) is 0 Å². The quantitative estimate of drug-likeness (QED) is 0.831. The number of amides is 1. The zero-order valence-electron chi connectivity index (χ0n) is 13.0. The van der Waals surface area contributed by atoms with Crippen LogP contribution in [0.15, 0.2) is 30.3 Å². The van der Waals surface area contributed by atoms with Crippen LogP contribution in [0.4, 0.5) is 16.2 Å². The van der Waals surface area contributed by atoms with Crippen LogP contribution in [0.3, 0.4) is 0 Å². The number of halogens is 1. The van der Waals surface area contributed by atoms with Crippen LogP contribution in [0, 0.1) is 0 Å². The molecule has 23 heavy (non-hydrogen) atoms. The standard InChI is InChI=1S/C17H19ClN2O2S/c1-2-9-22-17(21)19-13-3-5-15-12(10-13)7-8-20(15)11-14-4-6-16(18)23-14/h3-6,10H,2,7-9,11H2,1H3,(H,19,21). The summed E-state index contributed by atoms with van der Waals surface area (Å²) in [7, 11) is 0. The summed E-state index contributed by atoms with van der Waals surface area (Å²) in [4.78, 5) is 15.2. The number of fused-ring (bicyclic) bond motifs is 1. The van der Waals surface area contributed by atoms with Gasteiger partial charge in [0, 0.05) is 22.8 Å². The molecule has 3 rings (SSSR count). The van der Waals surface area contributed by atoms with Crippen LogP contribution in [0.5, 0.6) is 0 Å². The van der Waals surface area contributed by atoms with E-state index in [4.69, 9.17) is 16.3 Å². The molecule has 0 unspecified atom stereocenters. The van der Waals surface area contributed by atoms with Crippen molar-refractivity contribution in [1.82, 2.24) is 0 Å². The van der Waals surface area contributed by atoms with Crippen LogP contribution in [-0.2, 0) is 17.7 Å². The lowest BCUT2D eigenvalue weighted by Crippen LogP contribution is -2.18. The lowest BCUT2D eigenvalue weighted by molar-refractivity contribution is 0.161. The normalized spacial score (nSPS) is 13.0. The summed E-state index contributed by atoms with van der Waals surface area (Å²) >= 11 is 7.62. The summed E-state index contributed by atoms with van der Waals surface area (Å²) in [5.74, 6) is 0. The van der Waals surface area contributed by atoms with E-state index < -0.39 is 6.09 Å². The summed E-state index contributed by atoms with van der Waals surface area (Å²) in [5.41, 5.74) is 3.26. The Labute approximate surface area is 145 Å². The van der Waals surface area contributed by atoms with Gasteiger partial charge in [-0.25, -0.2) is 4.79 Å². The molecular formula is C17H19ClN2O2S. The SMILES string of the molecule is CCCOC(=O)Nc1ccc2c(c1)CCN2Cc1ccc(Cl)s1. The fourth-order valence-corrected chi connectivity index (χ4v) is 3.79. The number of nitrogens with one attached hydrogen (secondary N) is 1. The van der Waals surface area contributed by atoms with Crippen LogP contribution < -0.4 is 10.2 Å². The smallest absolute Gasteiger partial charge is 0.411 e. The summed E-state index contributed by atoms with van der Waals surface area (Å²) < 4.78 is 5.87. The molecule has 0 atom stereocenters. The van der Waals surface area contributed by atoms with Gasteiger partial charge in [0.05, 0.1) is 17.5 Å². The lowest BCUT2D eigenvalue weighted by Gasteiger charge is -2.18. The van der Waals surface area contributed by atoms with Crippen molar-refractivity contribution in [3.63, 3.8) is 0 Å². The van der Waals surface area contributed by atoms with Gasteiger partial charge in [0.25, 0.3) is 0 Å². The van der Waals surface area contributed by atoms with E-state index in [1.807, 2.05) is 25.1 Å². The highest BCUT2D eigenvalue weighted by Gasteiger charge is 2.20. The summed E-state index contributed by atoms with van der Waals surface area (Å²) in [6.45, 7) is 4.26. The number of thiophene rings is 1. The van der Waals surface area contributed by atoms with E-state index in [9.17, 15) is 4.79 Å². The Morgan fingerprint density at radius 1 is 1.39 bits per heavy atom. The maximum absolute atomic E-state index is 11.6. The van der Waals surface area contributed by atoms with Gasteiger partial charge < -0.3 is 9.64 Å². The number of carbonyl (C=O) groups is 1. The number of rotatable bonds is 5. The molecule has 2 heterocycles. The first-order valence-electron chi connectivity index (χ1n) is 7.71. The van der Waals surface area contributed by atoms with Gasteiger partial charge in [-0.1, -0.05) is 18.5 Å². The molecule has 1 aliphatic heterocycles. The Kier molecular flexibility index (Phi) is 5.08. The van der Waals surface area contributed by atoms with E-state index in [2.05, 4.69) is 22.3 Å². The second kappa shape index (κ2) is 7.23. The maximum atomic E-state index is 11.6. The zero-order chi connectivity index (χ0) is 16.2. The van der Waals surface area contributed by atoms with E-state index in [0.29, 0.717) is 6.61 Å². The van der Waals surface area contributed by atoms with E-state index in [0.717, 1.165) is 36.0 Å². The van der Waals surface area contributed by atoms with E-state index in [1.165, 1.54) is 16.1 Å². The largest absolute Gasteiger partial charge is 0.449 e. The third-order valence-electron chi connectivity index (χ3n) is 3.73. The van der Waals surface area contributed by atoms with Crippen molar-refractivity contribution >= 4 is 40.4 Å². The highest BCUT2D eigenvalue weighted by molar-refractivity contribution is 7.16. The monoisotopic (exact) mass is 350 g/mol. The number of benzene rings is 1. The third-order valence-corrected chi connectivity index (χ3v) is 4.95. The van der Waals surface area contributed by atoms with Gasteiger partial charge in [-0.3, -0.25) is 5.32 Å². The fourth-order valence-electron chi connectivity index (χ4n) is 2.69. The predicted octanol–water partition coefficient (Wildman–Crippen LogP) is 4.92. The van der Waals surface area contributed by atoms with Crippen LogP contribution in [-0.4, -0.2) is 19.2 Å². The van der Waals surface area contributed by atoms with E-state index in [-0.39, 0.29) is 0 Å². The first kappa shape index (κ1) is 16.1. The molecule has 0 radical (unpaired) electrons. The first-order chi connectivity index (χ1) is 11.2. The van der Waals surface area contributed by atoms with Gasteiger partial charge in [0.2, 0.25) is 0 Å². The van der Waals surface area contributed by atoms with Gasteiger partial charge >= 0.3 is 6.09 Å². The second-order valence-corrected chi connectivity index (χ2v) is 7.28. The third kappa shape index (κ3) is 3.98. The number of nitrogens with zero attached hydrogens (tertiary/aromatic N) is 1. The minimum absolute atomic E-state index is 0.394. The minimum Gasteiger partial charge on any atom is -0.449 e. The van der Waals surface area contributed by atoms with Crippen molar-refractivity contribution in [2.45, 2.75) is 26.3 Å². The zero-order valence-corrected chi connectivity index (χ0v) is 14.5. The molecule has 2 aromatic rings. The van der Waals surface area contributed by atoms with Crippen LogP contribution in [0.2, 0.25) is 4.34 Å². The Balaban J connectivity index is 1.66. The molecule has 1 aromatic carbocycles. The highest BCUT2D eigenvalue weighted by Crippen LogP contribution is 2.33. The number of anilines is 2. The Morgan fingerprint density at radius 2 is 2.26 bits per heavy atom. The molecule has 0 aliphatic carbocycles. The molecule has 1 aliphatic rings. The fraction of sp³-hybridized carbons (Fsp3) is 0.353.